The van der Waals surface area contributed by atoms with Crippen LogP contribution in [0.15, 0.2) is 42.5 Å². The van der Waals surface area contributed by atoms with Crippen LogP contribution in [-0.4, -0.2) is 12.1 Å². The van der Waals surface area contributed by atoms with Gasteiger partial charge in [-0.05, 0) is 30.3 Å². The van der Waals surface area contributed by atoms with Gasteiger partial charge in [-0.1, -0.05) is 12.1 Å². The third kappa shape index (κ3) is 3.26. The van der Waals surface area contributed by atoms with E-state index in [2.05, 4.69) is 0 Å². The Bertz CT molecular complexity index is 834. The summed E-state index contributed by atoms with van der Waals surface area (Å²) in [6, 6.07) is 3.55. The van der Waals surface area contributed by atoms with Gasteiger partial charge in [-0.2, -0.15) is 22.0 Å². The van der Waals surface area contributed by atoms with Gasteiger partial charge < -0.3 is 5.32 Å². The average molecular weight is 360 g/mol. The van der Waals surface area contributed by atoms with Crippen molar-refractivity contribution in [2.45, 2.75) is 18.6 Å². The second-order valence-electron chi connectivity index (χ2n) is 5.40. The third-order valence-electron chi connectivity index (χ3n) is 3.58. The second kappa shape index (κ2) is 5.68. The number of alkyl halides is 5. The number of carbonyl (C=O) groups excluding carboxylic acids is 1. The molecule has 0 saturated carbocycles. The number of fused-ring (bicyclic) bond motifs is 2. The van der Waals surface area contributed by atoms with Crippen molar-refractivity contribution in [2.75, 3.05) is 10.2 Å². The summed E-state index contributed by atoms with van der Waals surface area (Å²) in [5, 5.41) is 1.85. The monoisotopic (exact) mass is 360 g/mol. The predicted molar refractivity (Wildman–Crippen MR) is 78.2 cm³/mol. The van der Waals surface area contributed by atoms with Crippen LogP contribution >= 0.6 is 0 Å². The van der Waals surface area contributed by atoms with E-state index >= 15 is 0 Å². The maximum Gasteiger partial charge on any atom is 0.397 e. The maximum absolute atomic E-state index is 14.5. The number of para-hydroxylation sites is 2. The largest absolute Gasteiger partial charge is 0.397 e. The molecule has 0 aromatic heterocycles. The molecular formula is C16H10F6N2O. The molecule has 1 amide bonds. The van der Waals surface area contributed by atoms with Gasteiger partial charge in [0, 0.05) is 0 Å². The number of benzene rings is 2. The van der Waals surface area contributed by atoms with Gasteiger partial charge in [-0.25, -0.2) is 4.39 Å². The molecule has 2 aromatic carbocycles. The first-order valence-electron chi connectivity index (χ1n) is 7.03. The first-order valence-corrected chi connectivity index (χ1v) is 7.03. The Labute approximate surface area is 137 Å². The fourth-order valence-corrected chi connectivity index (χ4v) is 2.61. The molecule has 0 unspecified atom stereocenters. The van der Waals surface area contributed by atoms with Crippen LogP contribution in [0.1, 0.15) is 12.0 Å². The summed E-state index contributed by atoms with van der Waals surface area (Å²) in [6.45, 7) is 0. The number of hydrogen-bond acceptors (Lipinski definition) is 2. The number of carbonyl (C=O) groups is 1. The zero-order valence-electron chi connectivity index (χ0n) is 12.4. The molecule has 0 atom stereocenters. The van der Waals surface area contributed by atoms with Crippen molar-refractivity contribution in [1.82, 2.24) is 0 Å². The lowest BCUT2D eigenvalue weighted by Crippen LogP contribution is -2.31. The van der Waals surface area contributed by atoms with Crippen LogP contribution in [-0.2, 0) is 10.8 Å². The third-order valence-corrected chi connectivity index (χ3v) is 3.58. The van der Waals surface area contributed by atoms with E-state index in [1.807, 2.05) is 5.32 Å². The molecule has 2 aromatic rings. The van der Waals surface area contributed by atoms with Crippen LogP contribution in [0.3, 0.4) is 0 Å². The van der Waals surface area contributed by atoms with Gasteiger partial charge in [0.2, 0.25) is 5.91 Å². The van der Waals surface area contributed by atoms with E-state index in [1.165, 1.54) is 24.3 Å². The SMILES string of the molecule is O=C(CC(F)(F)F)N1c2ccccc2NC(F)(F)c2cc(F)ccc21. The number of halogens is 6. The van der Waals surface area contributed by atoms with Crippen LogP contribution in [0.2, 0.25) is 0 Å². The number of anilines is 3. The van der Waals surface area contributed by atoms with Gasteiger partial charge in [-0.15, -0.1) is 0 Å². The first-order chi connectivity index (χ1) is 11.6. The fourth-order valence-electron chi connectivity index (χ4n) is 2.61. The lowest BCUT2D eigenvalue weighted by molar-refractivity contribution is -0.151. The standard InChI is InChI=1S/C16H10F6N2O/c17-9-5-6-12-10(7-9)16(21,22)23-11-3-1-2-4-13(11)24(12)14(25)8-15(18,19)20/h1-7,23H,8H2. The molecule has 1 N–H and O–H groups in total. The van der Waals surface area contributed by atoms with Gasteiger partial charge >= 0.3 is 12.2 Å². The van der Waals surface area contributed by atoms with Crippen molar-refractivity contribution < 1.29 is 31.1 Å². The highest BCUT2D eigenvalue weighted by Crippen LogP contribution is 2.46. The molecule has 0 radical (unpaired) electrons. The van der Waals surface area contributed by atoms with Crippen LogP contribution in [0.5, 0.6) is 0 Å². The van der Waals surface area contributed by atoms with E-state index < -0.39 is 41.6 Å². The molecule has 0 aliphatic carbocycles. The van der Waals surface area contributed by atoms with Crippen molar-refractivity contribution in [2.24, 2.45) is 0 Å². The van der Waals surface area contributed by atoms with Crippen LogP contribution in [0, 0.1) is 5.82 Å². The number of nitrogens with zero attached hydrogens (tertiary/aromatic N) is 1. The Hall–Kier alpha value is -2.71. The minimum absolute atomic E-state index is 0.179. The summed E-state index contributed by atoms with van der Waals surface area (Å²) in [5.74, 6) is -2.46. The summed E-state index contributed by atoms with van der Waals surface area (Å²) in [4.78, 5) is 12.8. The maximum atomic E-state index is 14.5. The highest BCUT2D eigenvalue weighted by Gasteiger charge is 2.43. The van der Waals surface area contributed by atoms with Gasteiger partial charge in [0.05, 0.1) is 22.6 Å². The summed E-state index contributed by atoms with van der Waals surface area (Å²) in [5.41, 5.74) is -1.88. The molecule has 3 rings (SSSR count). The molecule has 0 spiro atoms. The van der Waals surface area contributed by atoms with Crippen molar-refractivity contribution in [1.29, 1.82) is 0 Å². The molecule has 1 aliphatic heterocycles. The van der Waals surface area contributed by atoms with E-state index in [-0.39, 0.29) is 11.4 Å². The van der Waals surface area contributed by atoms with Gasteiger partial charge in [0.15, 0.2) is 0 Å². The Balaban J connectivity index is 2.24. The van der Waals surface area contributed by atoms with Gasteiger partial charge in [0.25, 0.3) is 0 Å². The van der Waals surface area contributed by atoms with E-state index in [4.69, 9.17) is 0 Å². The van der Waals surface area contributed by atoms with Gasteiger partial charge in [0.1, 0.15) is 12.2 Å². The molecule has 25 heavy (non-hydrogen) atoms. The van der Waals surface area contributed by atoms with Crippen LogP contribution in [0.4, 0.5) is 43.4 Å². The molecule has 0 bridgehead atoms. The number of amides is 1. The van der Waals surface area contributed by atoms with Crippen LogP contribution in [0.25, 0.3) is 0 Å². The lowest BCUT2D eigenvalue weighted by atomic mass is 10.1. The summed E-state index contributed by atoms with van der Waals surface area (Å²) < 4.78 is 80.3. The van der Waals surface area contributed by atoms with Crippen molar-refractivity contribution in [3.05, 3.63) is 53.8 Å². The Kier molecular flexibility index (Phi) is 3.89. The Morgan fingerprint density at radius 1 is 1.08 bits per heavy atom. The average Bonchev–Trinajstić information content (AvgIpc) is 2.57. The molecule has 1 heterocycles. The Morgan fingerprint density at radius 2 is 1.76 bits per heavy atom. The number of rotatable bonds is 1. The van der Waals surface area contributed by atoms with Gasteiger partial charge in [-0.3, -0.25) is 9.69 Å². The van der Waals surface area contributed by atoms with Crippen LogP contribution < -0.4 is 10.2 Å². The Morgan fingerprint density at radius 3 is 2.44 bits per heavy atom. The van der Waals surface area contributed by atoms with E-state index in [1.54, 1.807) is 0 Å². The fraction of sp³-hybridized carbons (Fsp3) is 0.188. The highest BCUT2D eigenvalue weighted by atomic mass is 19.4. The lowest BCUT2D eigenvalue weighted by Gasteiger charge is -2.25. The van der Waals surface area contributed by atoms with E-state index in [9.17, 15) is 31.1 Å². The summed E-state index contributed by atoms with van der Waals surface area (Å²) >= 11 is 0. The normalized spacial score (nSPS) is 15.7. The molecule has 132 valence electrons. The number of nitrogens with one attached hydrogen (secondary N) is 1. The van der Waals surface area contributed by atoms with Crippen molar-refractivity contribution >= 4 is 23.0 Å². The molecule has 1 aliphatic rings. The zero-order chi connectivity index (χ0) is 18.4. The molecule has 3 nitrogen and oxygen atoms in total. The van der Waals surface area contributed by atoms with E-state index in [0.29, 0.717) is 11.0 Å². The van der Waals surface area contributed by atoms with Crippen molar-refractivity contribution in [3.63, 3.8) is 0 Å². The molecule has 0 saturated heterocycles. The smallest absolute Gasteiger partial charge is 0.321 e. The molecular weight excluding hydrogens is 350 g/mol. The molecule has 0 fully saturated rings. The van der Waals surface area contributed by atoms with Crippen molar-refractivity contribution in [3.8, 4) is 0 Å². The number of hydrogen-bond donors (Lipinski definition) is 1. The van der Waals surface area contributed by atoms with E-state index in [0.717, 1.165) is 12.1 Å². The summed E-state index contributed by atoms with van der Waals surface area (Å²) in [7, 11) is 0. The highest BCUT2D eigenvalue weighted by molar-refractivity contribution is 6.05. The molecule has 9 heteroatoms. The predicted octanol–water partition coefficient (Wildman–Crippen LogP) is 4.92. The second-order valence-corrected chi connectivity index (χ2v) is 5.40. The minimum Gasteiger partial charge on any atom is -0.321 e. The first kappa shape index (κ1) is 17.1. The zero-order valence-corrected chi connectivity index (χ0v) is 12.4. The minimum atomic E-state index is -4.82. The summed E-state index contributed by atoms with van der Waals surface area (Å²) in [6.07, 6.45) is -6.67. The quantitative estimate of drug-likeness (QED) is 0.578. The topological polar surface area (TPSA) is 32.3 Å².